The van der Waals surface area contributed by atoms with Gasteiger partial charge in [-0.2, -0.15) is 8.42 Å². The third-order valence-electron chi connectivity index (χ3n) is 8.81. The highest BCUT2D eigenvalue weighted by Crippen LogP contribution is 2.16. The molecule has 0 aromatic heterocycles. The molecule has 6 nitrogen and oxygen atoms in total. The molecule has 0 spiro atoms. The van der Waals surface area contributed by atoms with Crippen LogP contribution < -0.4 is 5.32 Å². The molecule has 0 aliphatic rings. The second-order valence-corrected chi connectivity index (χ2v) is 14.7. The van der Waals surface area contributed by atoms with Gasteiger partial charge in [0.05, 0.1) is 17.9 Å². The van der Waals surface area contributed by atoms with E-state index in [2.05, 4.69) is 19.2 Å². The van der Waals surface area contributed by atoms with Gasteiger partial charge in [0.15, 0.2) is 0 Å². The first kappa shape index (κ1) is 42.3. The first-order chi connectivity index (χ1) is 20.8. The number of rotatable bonds is 34. The minimum absolute atomic E-state index is 0.245. The topological polar surface area (TPSA) is 104 Å². The molecule has 0 heterocycles. The molecule has 0 radical (unpaired) electrons. The van der Waals surface area contributed by atoms with Gasteiger partial charge in [-0.15, -0.1) is 0 Å². The molecule has 2 atom stereocenters. The lowest BCUT2D eigenvalue weighted by Crippen LogP contribution is -2.47. The molecular weight excluding hydrogens is 558 g/mol. The third kappa shape index (κ3) is 32.5. The number of aliphatic hydroxyl groups excluding tert-OH is 1. The zero-order valence-corrected chi connectivity index (χ0v) is 29.4. The van der Waals surface area contributed by atoms with Crippen LogP contribution in [-0.4, -0.2) is 41.9 Å². The number of carbonyl (C=O) groups excluding carboxylic acids is 1. The molecule has 0 bridgehead atoms. The van der Waals surface area contributed by atoms with Crippen molar-refractivity contribution in [2.75, 3.05) is 5.75 Å². The maximum absolute atomic E-state index is 12.4. The van der Waals surface area contributed by atoms with Crippen molar-refractivity contribution in [3.8, 4) is 0 Å². The standard InChI is InChI=1S/C36H73NO5S/c1-3-5-7-9-11-13-15-16-17-18-19-20-21-22-23-25-27-29-31-35(38)34(33-43(40,41)42)37-36(39)32-30-28-26-24-14-12-10-8-6-4-2/h34-35,38H,3-33H2,1-2H3,(H,37,39)(H,40,41,42). The van der Waals surface area contributed by atoms with Crippen molar-refractivity contribution in [3.63, 3.8) is 0 Å². The second-order valence-electron chi connectivity index (χ2n) is 13.2. The molecule has 0 rings (SSSR count). The van der Waals surface area contributed by atoms with Crippen LogP contribution in [0.25, 0.3) is 0 Å². The van der Waals surface area contributed by atoms with Crippen LogP contribution >= 0.6 is 0 Å². The molecule has 1 amide bonds. The zero-order valence-electron chi connectivity index (χ0n) is 28.6. The number of hydrogen-bond donors (Lipinski definition) is 3. The molecule has 0 aliphatic heterocycles. The van der Waals surface area contributed by atoms with Crippen LogP contribution in [0.3, 0.4) is 0 Å². The van der Waals surface area contributed by atoms with E-state index >= 15 is 0 Å². The molecule has 2 unspecified atom stereocenters. The lowest BCUT2D eigenvalue weighted by atomic mass is 10.0. The summed E-state index contributed by atoms with van der Waals surface area (Å²) in [6.45, 7) is 4.50. The molecule has 0 saturated heterocycles. The van der Waals surface area contributed by atoms with Crippen molar-refractivity contribution in [3.05, 3.63) is 0 Å². The van der Waals surface area contributed by atoms with Crippen molar-refractivity contribution < 1.29 is 22.9 Å². The predicted molar refractivity (Wildman–Crippen MR) is 184 cm³/mol. The van der Waals surface area contributed by atoms with E-state index < -0.39 is 28.0 Å². The van der Waals surface area contributed by atoms with E-state index in [0.717, 1.165) is 38.5 Å². The maximum atomic E-state index is 12.4. The van der Waals surface area contributed by atoms with Gasteiger partial charge in [0, 0.05) is 6.42 Å². The predicted octanol–water partition coefficient (Wildman–Crippen LogP) is 10.5. The van der Waals surface area contributed by atoms with E-state index in [1.807, 2.05) is 0 Å². The van der Waals surface area contributed by atoms with Crippen molar-refractivity contribution in [1.82, 2.24) is 5.32 Å². The molecule has 0 aromatic carbocycles. The molecule has 0 fully saturated rings. The van der Waals surface area contributed by atoms with Crippen molar-refractivity contribution >= 4 is 16.0 Å². The summed E-state index contributed by atoms with van der Waals surface area (Å²) in [5.41, 5.74) is 0. The molecule has 0 saturated carbocycles. The average molecular weight is 632 g/mol. The lowest BCUT2D eigenvalue weighted by molar-refractivity contribution is -0.122. The van der Waals surface area contributed by atoms with Gasteiger partial charge in [0.1, 0.15) is 0 Å². The van der Waals surface area contributed by atoms with Gasteiger partial charge in [0.25, 0.3) is 10.1 Å². The van der Waals surface area contributed by atoms with E-state index in [-0.39, 0.29) is 5.91 Å². The second kappa shape index (κ2) is 31.3. The molecular formula is C36H73NO5S. The Kier molecular flexibility index (Phi) is 30.8. The van der Waals surface area contributed by atoms with Crippen LogP contribution in [0.15, 0.2) is 0 Å². The Morgan fingerprint density at radius 1 is 0.535 bits per heavy atom. The highest BCUT2D eigenvalue weighted by Gasteiger charge is 2.26. The van der Waals surface area contributed by atoms with Gasteiger partial charge in [-0.3, -0.25) is 9.35 Å². The number of hydrogen-bond acceptors (Lipinski definition) is 4. The minimum atomic E-state index is -4.30. The van der Waals surface area contributed by atoms with Crippen molar-refractivity contribution in [2.24, 2.45) is 0 Å². The van der Waals surface area contributed by atoms with Crippen LogP contribution in [0, 0.1) is 0 Å². The summed E-state index contributed by atoms with van der Waals surface area (Å²) < 4.78 is 32.4. The Morgan fingerprint density at radius 3 is 1.16 bits per heavy atom. The van der Waals surface area contributed by atoms with Gasteiger partial charge < -0.3 is 10.4 Å². The fourth-order valence-corrected chi connectivity index (χ4v) is 6.74. The molecule has 0 aliphatic carbocycles. The van der Waals surface area contributed by atoms with E-state index in [9.17, 15) is 22.9 Å². The number of nitrogens with one attached hydrogen (secondary N) is 1. The van der Waals surface area contributed by atoms with E-state index in [4.69, 9.17) is 0 Å². The number of carbonyl (C=O) groups is 1. The van der Waals surface area contributed by atoms with Gasteiger partial charge in [-0.05, 0) is 12.8 Å². The number of unbranched alkanes of at least 4 members (excludes halogenated alkanes) is 26. The van der Waals surface area contributed by atoms with Crippen LogP contribution in [0.4, 0.5) is 0 Å². The highest BCUT2D eigenvalue weighted by atomic mass is 32.2. The third-order valence-corrected chi connectivity index (χ3v) is 9.59. The van der Waals surface area contributed by atoms with Crippen molar-refractivity contribution in [1.29, 1.82) is 0 Å². The summed E-state index contributed by atoms with van der Waals surface area (Å²) in [6.07, 6.45) is 34.8. The van der Waals surface area contributed by atoms with Crippen molar-refractivity contribution in [2.45, 2.75) is 219 Å². The fraction of sp³-hybridized carbons (Fsp3) is 0.972. The Labute approximate surface area is 268 Å². The number of amides is 1. The summed E-state index contributed by atoms with van der Waals surface area (Å²) >= 11 is 0. The molecule has 0 aromatic rings. The SMILES string of the molecule is CCCCCCCCCCCCCCCCCCCCC(O)C(CS(=O)(=O)O)NC(=O)CCCCCCCCCCCC. The molecule has 258 valence electrons. The Hall–Kier alpha value is -0.660. The first-order valence-electron chi connectivity index (χ1n) is 18.7. The largest absolute Gasteiger partial charge is 0.391 e. The summed E-state index contributed by atoms with van der Waals surface area (Å²) in [5.74, 6) is -0.887. The maximum Gasteiger partial charge on any atom is 0.266 e. The van der Waals surface area contributed by atoms with E-state index in [1.165, 1.54) is 141 Å². The Morgan fingerprint density at radius 2 is 0.837 bits per heavy atom. The zero-order chi connectivity index (χ0) is 31.9. The summed E-state index contributed by atoms with van der Waals surface area (Å²) in [7, 11) is -4.30. The van der Waals surface area contributed by atoms with Gasteiger partial charge in [0.2, 0.25) is 5.91 Å². The molecule has 43 heavy (non-hydrogen) atoms. The van der Waals surface area contributed by atoms with E-state index in [1.54, 1.807) is 0 Å². The number of aliphatic hydroxyl groups is 1. The smallest absolute Gasteiger partial charge is 0.266 e. The monoisotopic (exact) mass is 632 g/mol. The fourth-order valence-electron chi connectivity index (χ4n) is 5.98. The van der Waals surface area contributed by atoms with Crippen LogP contribution in [0.2, 0.25) is 0 Å². The van der Waals surface area contributed by atoms with Gasteiger partial charge in [-0.25, -0.2) is 0 Å². The van der Waals surface area contributed by atoms with Crippen LogP contribution in [0.5, 0.6) is 0 Å². The summed E-state index contributed by atoms with van der Waals surface area (Å²) in [6, 6.07) is -0.962. The quantitative estimate of drug-likeness (QED) is 0.0484. The summed E-state index contributed by atoms with van der Waals surface area (Å²) in [5, 5.41) is 13.3. The van der Waals surface area contributed by atoms with Crippen LogP contribution in [-0.2, 0) is 14.9 Å². The average Bonchev–Trinajstić information content (AvgIpc) is 2.96. The van der Waals surface area contributed by atoms with Crippen LogP contribution in [0.1, 0.15) is 206 Å². The normalized spacial score (nSPS) is 13.3. The Bertz CT molecular complexity index is 700. The molecule has 3 N–H and O–H groups in total. The summed E-state index contributed by atoms with van der Waals surface area (Å²) in [4.78, 5) is 12.4. The van der Waals surface area contributed by atoms with Gasteiger partial charge >= 0.3 is 0 Å². The van der Waals surface area contributed by atoms with Gasteiger partial charge in [-0.1, -0.05) is 187 Å². The highest BCUT2D eigenvalue weighted by molar-refractivity contribution is 7.85. The lowest BCUT2D eigenvalue weighted by Gasteiger charge is -2.23. The Balaban J connectivity index is 3.83. The van der Waals surface area contributed by atoms with E-state index in [0.29, 0.717) is 12.8 Å². The minimum Gasteiger partial charge on any atom is -0.391 e. The molecule has 7 heteroatoms. The first-order valence-corrected chi connectivity index (χ1v) is 20.3.